The van der Waals surface area contributed by atoms with Gasteiger partial charge in [-0.2, -0.15) is 0 Å². The molecule has 0 aromatic heterocycles. The normalized spacial score (nSPS) is 12.0. The standard InChI is InChI=1S/C19H31N3O2/c1-4-5-6-10-17(23)22-18(14(2)3)19(24)21-13-16-9-7-8-15(11-16)12-20/h7-9,11,14,18H,4-6,10,12-13,20H2,1-3H3,(H,21,24)(H,22,23)/t18-/m0/s1. The number of carbonyl (C=O) groups excluding carboxylic acids is 2. The van der Waals surface area contributed by atoms with Crippen molar-refractivity contribution in [1.82, 2.24) is 10.6 Å². The Morgan fingerprint density at radius 1 is 1.17 bits per heavy atom. The number of hydrogen-bond acceptors (Lipinski definition) is 3. The highest BCUT2D eigenvalue weighted by Gasteiger charge is 2.23. The number of rotatable bonds is 10. The highest BCUT2D eigenvalue weighted by atomic mass is 16.2. The van der Waals surface area contributed by atoms with Gasteiger partial charge in [-0.05, 0) is 23.5 Å². The maximum absolute atomic E-state index is 12.4. The average Bonchev–Trinajstić information content (AvgIpc) is 2.57. The molecule has 1 atom stereocenters. The van der Waals surface area contributed by atoms with Crippen molar-refractivity contribution in [2.24, 2.45) is 11.7 Å². The fourth-order valence-electron chi connectivity index (χ4n) is 2.48. The molecule has 0 saturated heterocycles. The first kappa shape index (κ1) is 20.2. The Balaban J connectivity index is 2.55. The van der Waals surface area contributed by atoms with Gasteiger partial charge in [0.1, 0.15) is 6.04 Å². The summed E-state index contributed by atoms with van der Waals surface area (Å²) in [7, 11) is 0. The van der Waals surface area contributed by atoms with Crippen molar-refractivity contribution in [2.45, 2.75) is 65.6 Å². The molecule has 24 heavy (non-hydrogen) atoms. The van der Waals surface area contributed by atoms with Gasteiger partial charge < -0.3 is 16.4 Å². The highest BCUT2D eigenvalue weighted by molar-refractivity contribution is 5.87. The topological polar surface area (TPSA) is 84.2 Å². The van der Waals surface area contributed by atoms with Crippen LogP contribution in [0.5, 0.6) is 0 Å². The van der Waals surface area contributed by atoms with E-state index in [0.29, 0.717) is 19.5 Å². The minimum absolute atomic E-state index is 0.0375. The van der Waals surface area contributed by atoms with Crippen molar-refractivity contribution in [3.63, 3.8) is 0 Å². The van der Waals surface area contributed by atoms with Crippen molar-refractivity contribution < 1.29 is 9.59 Å². The van der Waals surface area contributed by atoms with E-state index in [1.807, 2.05) is 38.1 Å². The molecule has 0 aliphatic heterocycles. The molecule has 0 heterocycles. The monoisotopic (exact) mass is 333 g/mol. The van der Waals surface area contributed by atoms with Crippen molar-refractivity contribution in [2.75, 3.05) is 0 Å². The molecule has 0 saturated carbocycles. The minimum Gasteiger partial charge on any atom is -0.350 e. The van der Waals surface area contributed by atoms with Gasteiger partial charge in [0.2, 0.25) is 11.8 Å². The predicted molar refractivity (Wildman–Crippen MR) is 97.1 cm³/mol. The Morgan fingerprint density at radius 2 is 1.88 bits per heavy atom. The number of carbonyl (C=O) groups is 2. The van der Waals surface area contributed by atoms with Gasteiger partial charge in [-0.1, -0.05) is 57.9 Å². The third-order valence-corrected chi connectivity index (χ3v) is 3.97. The summed E-state index contributed by atoms with van der Waals surface area (Å²) >= 11 is 0. The van der Waals surface area contributed by atoms with Crippen LogP contribution in [-0.4, -0.2) is 17.9 Å². The Bertz CT molecular complexity index is 529. The predicted octanol–water partition coefficient (Wildman–Crippen LogP) is 2.48. The van der Waals surface area contributed by atoms with Gasteiger partial charge in [0.05, 0.1) is 0 Å². The van der Waals surface area contributed by atoms with E-state index in [-0.39, 0.29) is 17.7 Å². The fraction of sp³-hybridized carbons (Fsp3) is 0.579. The summed E-state index contributed by atoms with van der Waals surface area (Å²) in [6.07, 6.45) is 3.44. The zero-order valence-electron chi connectivity index (χ0n) is 15.1. The molecular formula is C19H31N3O2. The second-order valence-electron chi connectivity index (χ2n) is 6.49. The molecule has 5 heteroatoms. The first-order chi connectivity index (χ1) is 11.5. The van der Waals surface area contributed by atoms with E-state index in [2.05, 4.69) is 17.6 Å². The zero-order chi connectivity index (χ0) is 17.9. The molecule has 2 amide bonds. The van der Waals surface area contributed by atoms with Crippen molar-refractivity contribution in [3.05, 3.63) is 35.4 Å². The lowest BCUT2D eigenvalue weighted by Gasteiger charge is -2.22. The molecule has 0 aliphatic rings. The quantitative estimate of drug-likeness (QED) is 0.575. The van der Waals surface area contributed by atoms with Gasteiger partial charge in [-0.3, -0.25) is 9.59 Å². The first-order valence-electron chi connectivity index (χ1n) is 8.82. The third-order valence-electron chi connectivity index (χ3n) is 3.97. The van der Waals surface area contributed by atoms with E-state index < -0.39 is 6.04 Å². The van der Waals surface area contributed by atoms with Gasteiger partial charge in [-0.25, -0.2) is 0 Å². The summed E-state index contributed by atoms with van der Waals surface area (Å²) in [5, 5.41) is 5.77. The molecule has 0 aliphatic carbocycles. The number of hydrogen-bond donors (Lipinski definition) is 3. The summed E-state index contributed by atoms with van der Waals surface area (Å²) in [4.78, 5) is 24.4. The summed E-state index contributed by atoms with van der Waals surface area (Å²) in [6, 6.07) is 7.32. The molecule has 0 radical (unpaired) electrons. The molecule has 0 spiro atoms. The Labute approximate surface area is 145 Å². The number of nitrogens with one attached hydrogen (secondary N) is 2. The molecule has 4 N–H and O–H groups in total. The first-order valence-corrected chi connectivity index (χ1v) is 8.82. The molecule has 5 nitrogen and oxygen atoms in total. The van der Waals surface area contributed by atoms with Gasteiger partial charge in [0, 0.05) is 19.5 Å². The van der Waals surface area contributed by atoms with E-state index in [9.17, 15) is 9.59 Å². The van der Waals surface area contributed by atoms with Crippen molar-refractivity contribution in [3.8, 4) is 0 Å². The summed E-state index contributed by atoms with van der Waals surface area (Å²) in [5.41, 5.74) is 7.67. The highest BCUT2D eigenvalue weighted by Crippen LogP contribution is 2.07. The van der Waals surface area contributed by atoms with Crippen LogP contribution < -0.4 is 16.4 Å². The van der Waals surface area contributed by atoms with E-state index in [1.54, 1.807) is 0 Å². The van der Waals surface area contributed by atoms with Gasteiger partial charge in [0.15, 0.2) is 0 Å². The van der Waals surface area contributed by atoms with Gasteiger partial charge in [0.25, 0.3) is 0 Å². The van der Waals surface area contributed by atoms with Crippen LogP contribution in [0.15, 0.2) is 24.3 Å². The summed E-state index contributed by atoms with van der Waals surface area (Å²) in [5.74, 6) is -0.162. The third kappa shape index (κ3) is 7.13. The fourth-order valence-corrected chi connectivity index (χ4v) is 2.48. The maximum atomic E-state index is 12.4. The van der Waals surface area contributed by atoms with Gasteiger partial charge >= 0.3 is 0 Å². The largest absolute Gasteiger partial charge is 0.350 e. The molecule has 1 rings (SSSR count). The van der Waals surface area contributed by atoms with Crippen LogP contribution in [0.2, 0.25) is 0 Å². The molecule has 0 unspecified atom stereocenters. The van der Waals surface area contributed by atoms with E-state index in [0.717, 1.165) is 30.4 Å². The number of benzene rings is 1. The zero-order valence-corrected chi connectivity index (χ0v) is 15.1. The number of nitrogens with two attached hydrogens (primary N) is 1. The molecule has 1 aromatic carbocycles. The molecule has 134 valence electrons. The average molecular weight is 333 g/mol. The maximum Gasteiger partial charge on any atom is 0.243 e. The van der Waals surface area contributed by atoms with Crippen LogP contribution in [-0.2, 0) is 22.7 Å². The van der Waals surface area contributed by atoms with Crippen molar-refractivity contribution in [1.29, 1.82) is 0 Å². The number of amides is 2. The lowest BCUT2D eigenvalue weighted by Crippen LogP contribution is -2.49. The molecular weight excluding hydrogens is 302 g/mol. The van der Waals surface area contributed by atoms with Crippen LogP contribution in [0.4, 0.5) is 0 Å². The summed E-state index contributed by atoms with van der Waals surface area (Å²) in [6.45, 7) is 6.88. The van der Waals surface area contributed by atoms with Crippen LogP contribution in [0, 0.1) is 5.92 Å². The van der Waals surface area contributed by atoms with E-state index >= 15 is 0 Å². The smallest absolute Gasteiger partial charge is 0.243 e. The Hall–Kier alpha value is -1.88. The van der Waals surface area contributed by atoms with Crippen LogP contribution in [0.3, 0.4) is 0 Å². The lowest BCUT2D eigenvalue weighted by molar-refractivity contribution is -0.130. The van der Waals surface area contributed by atoms with Crippen LogP contribution in [0.1, 0.15) is 57.6 Å². The lowest BCUT2D eigenvalue weighted by atomic mass is 10.0. The van der Waals surface area contributed by atoms with E-state index in [1.165, 1.54) is 0 Å². The summed E-state index contributed by atoms with van der Waals surface area (Å²) < 4.78 is 0. The van der Waals surface area contributed by atoms with E-state index in [4.69, 9.17) is 5.73 Å². The van der Waals surface area contributed by atoms with Gasteiger partial charge in [-0.15, -0.1) is 0 Å². The SMILES string of the molecule is CCCCCC(=O)N[C@H](C(=O)NCc1cccc(CN)c1)C(C)C. The van der Waals surface area contributed by atoms with Crippen LogP contribution >= 0.6 is 0 Å². The molecule has 1 aromatic rings. The second-order valence-corrected chi connectivity index (χ2v) is 6.49. The molecule has 0 fully saturated rings. The minimum atomic E-state index is -0.503. The molecule has 0 bridgehead atoms. The Morgan fingerprint density at radius 3 is 2.50 bits per heavy atom. The number of unbranched alkanes of at least 4 members (excludes halogenated alkanes) is 2. The van der Waals surface area contributed by atoms with Crippen molar-refractivity contribution >= 4 is 11.8 Å². The second kappa shape index (κ2) is 10.8. The van der Waals surface area contributed by atoms with Crippen LogP contribution in [0.25, 0.3) is 0 Å². The Kier molecular flexibility index (Phi) is 9.08.